The molecule has 15 nitrogen and oxygen atoms in total. The van der Waals surface area contributed by atoms with E-state index in [-0.39, 0.29) is 64.2 Å². The van der Waals surface area contributed by atoms with Crippen molar-refractivity contribution < 1.29 is 79.3 Å². The molecule has 0 aromatic heterocycles. The molecule has 2 bridgehead atoms. The van der Waals surface area contributed by atoms with Crippen LogP contribution in [0, 0.1) is 33.5 Å². The van der Waals surface area contributed by atoms with E-state index in [0.717, 1.165) is 31.1 Å². The van der Waals surface area contributed by atoms with Crippen LogP contribution in [0.4, 0.5) is 8.78 Å². The molecule has 4 aliphatic rings. The number of hydrogen-bond donors (Lipinski definition) is 1. The molecule has 0 amide bonds. The Balaban J connectivity index is 0.000000187. The van der Waals surface area contributed by atoms with Gasteiger partial charge in [-0.25, -0.2) is 8.42 Å². The molecule has 1 aliphatic carbocycles. The highest BCUT2D eigenvalue weighted by Crippen LogP contribution is 2.48. The van der Waals surface area contributed by atoms with Crippen molar-refractivity contribution in [2.45, 2.75) is 211 Å². The summed E-state index contributed by atoms with van der Waals surface area (Å²) in [4.78, 5) is 63.7. The van der Waals surface area contributed by atoms with E-state index in [1.165, 1.54) is 39.7 Å². The number of fused-ring (bicyclic) bond motifs is 3. The first-order valence-electron chi connectivity index (χ1n) is 32.3. The van der Waals surface area contributed by atoms with Crippen molar-refractivity contribution in [3.63, 3.8) is 0 Å². The summed E-state index contributed by atoms with van der Waals surface area (Å²) in [6, 6.07) is 51.2. The molecule has 0 saturated carbocycles. The molecule has 1 N–H and O–H groups in total. The first-order chi connectivity index (χ1) is 44.0. The van der Waals surface area contributed by atoms with Crippen molar-refractivity contribution in [1.29, 1.82) is 0 Å². The van der Waals surface area contributed by atoms with Crippen LogP contribution >= 0.6 is 0 Å². The number of halogens is 2. The van der Waals surface area contributed by atoms with Gasteiger partial charge in [0.15, 0.2) is 43.1 Å². The van der Waals surface area contributed by atoms with Crippen LogP contribution in [-0.4, -0.2) is 89.3 Å². The van der Waals surface area contributed by atoms with Crippen LogP contribution in [0.2, 0.25) is 0 Å². The van der Waals surface area contributed by atoms with E-state index < -0.39 is 61.3 Å². The number of benzene rings is 6. The summed E-state index contributed by atoms with van der Waals surface area (Å²) in [6.07, 6.45) is 2.55. The molecule has 6 aromatic rings. The molecular weight excluding hydrogens is 1240 g/mol. The van der Waals surface area contributed by atoms with Gasteiger partial charge in [-0.1, -0.05) is 138 Å². The molecule has 10 rings (SSSR count). The van der Waals surface area contributed by atoms with E-state index in [1.807, 2.05) is 80.5 Å². The fourth-order valence-electron chi connectivity index (χ4n) is 10.3. The molecule has 0 spiro atoms. The van der Waals surface area contributed by atoms with Crippen LogP contribution in [0.5, 0.6) is 11.5 Å². The lowest BCUT2D eigenvalue weighted by atomic mass is 9.83. The summed E-state index contributed by atoms with van der Waals surface area (Å²) in [7, 11) is -5.87. The van der Waals surface area contributed by atoms with Gasteiger partial charge >= 0.3 is 35.1 Å². The molecule has 3 fully saturated rings. The Morgan fingerprint density at radius 3 is 1.47 bits per heavy atom. The Hall–Kier alpha value is -7.19. The van der Waals surface area contributed by atoms with Crippen molar-refractivity contribution in [2.75, 3.05) is 0 Å². The summed E-state index contributed by atoms with van der Waals surface area (Å²) >= 11 is 0. The van der Waals surface area contributed by atoms with Crippen LogP contribution < -0.4 is 4.74 Å². The monoisotopic (exact) mass is 1340 g/mol. The van der Waals surface area contributed by atoms with E-state index in [1.54, 1.807) is 25.1 Å². The minimum absolute atomic E-state index is 0.0146. The van der Waals surface area contributed by atoms with E-state index >= 15 is 0 Å². The zero-order chi connectivity index (χ0) is 69.8. The number of carbonyl (C=O) groups excluding carboxylic acids is 5. The number of rotatable bonds is 19. The number of hydrogen-bond acceptors (Lipinski definition) is 15. The highest BCUT2D eigenvalue weighted by Gasteiger charge is 2.65. The minimum Gasteiger partial charge on any atom is -0.743 e. The largest absolute Gasteiger partial charge is 0.743 e. The van der Waals surface area contributed by atoms with Gasteiger partial charge in [0.25, 0.3) is 0 Å². The predicted octanol–water partition coefficient (Wildman–Crippen LogP) is 15.8. The maximum atomic E-state index is 13.0. The zero-order valence-corrected chi connectivity index (χ0v) is 58.5. The van der Waals surface area contributed by atoms with Gasteiger partial charge in [0, 0.05) is 16.7 Å². The average molecular weight is 1340 g/mol. The normalized spacial score (nSPS) is 19.2. The molecule has 19 heteroatoms. The van der Waals surface area contributed by atoms with Gasteiger partial charge in [-0.15, -0.1) is 0 Å². The number of esters is 5. The lowest BCUT2D eigenvalue weighted by Gasteiger charge is -2.37. The molecule has 510 valence electrons. The van der Waals surface area contributed by atoms with Crippen LogP contribution in [0.1, 0.15) is 154 Å². The Morgan fingerprint density at radius 1 is 0.585 bits per heavy atom. The van der Waals surface area contributed by atoms with Crippen molar-refractivity contribution in [2.24, 2.45) is 33.5 Å². The molecular formula is C75H94F2O15S2. The van der Waals surface area contributed by atoms with E-state index in [4.69, 9.17) is 23.7 Å². The molecule has 3 saturated heterocycles. The smallest absolute Gasteiger partial charge is 0.369 e. The summed E-state index contributed by atoms with van der Waals surface area (Å²) in [5, 5.41) is 6.58. The lowest BCUT2D eigenvalue weighted by molar-refractivity contribution is -0.175. The molecule has 7 atom stereocenters. The highest BCUT2D eigenvalue weighted by molar-refractivity contribution is 7.97. The van der Waals surface area contributed by atoms with E-state index in [2.05, 4.69) is 134 Å². The fourth-order valence-corrected chi connectivity index (χ4v) is 12.8. The number of aromatic hydroxyl groups is 1. The number of carbonyl (C=O) groups is 5. The van der Waals surface area contributed by atoms with Gasteiger partial charge in [-0.2, -0.15) is 8.78 Å². The van der Waals surface area contributed by atoms with Crippen molar-refractivity contribution in [3.05, 3.63) is 163 Å². The highest BCUT2D eigenvalue weighted by atomic mass is 32.2. The van der Waals surface area contributed by atoms with Gasteiger partial charge in [0.1, 0.15) is 23.2 Å². The Labute approximate surface area is 557 Å². The SMILES string of the molecule is CCC(C)(C)C(=O)OC(C)(CC)C1Cc2ccccc2C1.CCC(C)(C)C(=O)OC(C)C(F)(F)S(=O)(=O)[O-].CCC(C)(C)C(=O)OC1C2CC3C(=O)OC1C3O2.CCC(C)(C)C(=O)Oc1ccc(O)c2ccccc12.c1ccc([S+](c2ccccc2)c2ccccc2)cc1. The van der Waals surface area contributed by atoms with Crippen LogP contribution in [0.15, 0.2) is 166 Å². The molecule has 94 heavy (non-hydrogen) atoms. The zero-order valence-electron chi connectivity index (χ0n) is 56.9. The first-order valence-corrected chi connectivity index (χ1v) is 34.9. The summed E-state index contributed by atoms with van der Waals surface area (Å²) < 4.78 is 89.2. The summed E-state index contributed by atoms with van der Waals surface area (Å²) in [5.74, 6) is -0.839. The Kier molecular flexibility index (Phi) is 25.5. The molecule has 0 radical (unpaired) electrons. The van der Waals surface area contributed by atoms with Crippen molar-refractivity contribution in [1.82, 2.24) is 0 Å². The predicted molar refractivity (Wildman–Crippen MR) is 358 cm³/mol. The third-order valence-electron chi connectivity index (χ3n) is 18.8. The second-order valence-electron chi connectivity index (χ2n) is 27.0. The second kappa shape index (κ2) is 31.6. The second-order valence-corrected chi connectivity index (χ2v) is 30.4. The average Bonchev–Trinajstić information content (AvgIpc) is 1.57. The van der Waals surface area contributed by atoms with Crippen LogP contribution in [-0.2, 0) is 81.5 Å². The fraction of sp³-hybridized carbons (Fsp3) is 0.480. The molecule has 7 unspecified atom stereocenters. The number of phenolic OH excluding ortho intramolecular Hbond substituents is 1. The number of phenols is 1. The molecule has 6 aromatic carbocycles. The van der Waals surface area contributed by atoms with E-state index in [9.17, 15) is 50.8 Å². The van der Waals surface area contributed by atoms with Crippen molar-refractivity contribution >= 4 is 61.6 Å². The van der Waals surface area contributed by atoms with Gasteiger partial charge in [-0.3, -0.25) is 24.0 Å². The standard InChI is InChI=1S/C19H28O2.C18H15S.C16H18O3.C13H18O5.C9H16F2O5S/c1-6-18(3,4)17(20)21-19(5,7-2)16-12-14-10-8-9-11-15(14)13-16;1-4-10-16(11-5-1)19(17-12-6-2-7-13-17)18-14-8-3-9-15-18;1-4-16(2,3)15(18)19-14-10-9-13(17)11-7-5-6-8-12(11)14;1-4-13(2,3)12(15)18-9-7-5-6-8(16-7)10(9)17-11(6)14;1-5-8(3,4)7(12)16-6(2)9(10,11)17(13,14)15/h8-11,16H,6-7,12-13H2,1-5H3;1-15H;5-10,17H,4H2,1-3H3;6-10H,4-5H2,1-3H3;6H,5H2,1-4H3,(H,13,14,15)/q;+1;;;/p-1. The number of ether oxygens (including phenoxy) is 6. The van der Waals surface area contributed by atoms with Crippen LogP contribution in [0.3, 0.4) is 0 Å². The molecule has 3 heterocycles. The first kappa shape index (κ1) is 75.8. The van der Waals surface area contributed by atoms with Gasteiger partial charge in [-0.05, 0) is 180 Å². The minimum atomic E-state index is -5.86. The summed E-state index contributed by atoms with van der Waals surface area (Å²) in [5.41, 5.74) is 0.00510. The third-order valence-corrected chi connectivity index (χ3v) is 22.0. The van der Waals surface area contributed by atoms with Crippen LogP contribution in [0.25, 0.3) is 10.8 Å². The Morgan fingerprint density at radius 2 is 1.01 bits per heavy atom. The topological polar surface area (TPSA) is 218 Å². The maximum Gasteiger partial charge on any atom is 0.369 e. The lowest BCUT2D eigenvalue weighted by Crippen LogP contribution is -2.44. The van der Waals surface area contributed by atoms with Gasteiger partial charge in [0.05, 0.1) is 44.6 Å². The Bertz CT molecular complexity index is 3530. The van der Waals surface area contributed by atoms with E-state index in [0.29, 0.717) is 49.7 Å². The third kappa shape index (κ3) is 18.2. The van der Waals surface area contributed by atoms with Gasteiger partial charge < -0.3 is 38.1 Å². The summed E-state index contributed by atoms with van der Waals surface area (Å²) in [6.45, 7) is 26.8. The molecule has 3 aliphatic heterocycles. The maximum absolute atomic E-state index is 13.0. The quantitative estimate of drug-likeness (QED) is 0.0262. The number of alkyl halides is 2. The van der Waals surface area contributed by atoms with Crippen molar-refractivity contribution in [3.8, 4) is 11.5 Å². The van der Waals surface area contributed by atoms with Gasteiger partial charge in [0.2, 0.25) is 0 Å².